The van der Waals surface area contributed by atoms with Gasteiger partial charge in [-0.15, -0.1) is 0 Å². The van der Waals surface area contributed by atoms with Crippen LogP contribution in [0.3, 0.4) is 0 Å². The maximum absolute atomic E-state index is 6.49. The third-order valence-electron chi connectivity index (χ3n) is 3.71. The molecule has 1 saturated heterocycles. The largest absolute Gasteiger partial charge is 0.351 e. The minimum absolute atomic E-state index is 0.605. The first-order valence-electron chi connectivity index (χ1n) is 6.21. The number of aryl methyl sites for hydroxylation is 1. The summed E-state index contributed by atoms with van der Waals surface area (Å²) in [5.74, 6) is 0. The van der Waals surface area contributed by atoms with E-state index in [-0.39, 0.29) is 0 Å². The summed E-state index contributed by atoms with van der Waals surface area (Å²) in [6, 6.07) is 7.05. The highest BCUT2D eigenvalue weighted by atomic mass is 35.5. The summed E-state index contributed by atoms with van der Waals surface area (Å²) in [5.41, 5.74) is 2.47. The molecular formula is C14H17ClN2. The van der Waals surface area contributed by atoms with Crippen molar-refractivity contribution in [3.8, 4) is 0 Å². The van der Waals surface area contributed by atoms with Gasteiger partial charge < -0.3 is 9.88 Å². The van der Waals surface area contributed by atoms with Crippen molar-refractivity contribution < 1.29 is 0 Å². The van der Waals surface area contributed by atoms with Crippen molar-refractivity contribution in [2.45, 2.75) is 25.3 Å². The molecule has 0 amide bonds. The van der Waals surface area contributed by atoms with E-state index >= 15 is 0 Å². The van der Waals surface area contributed by atoms with Gasteiger partial charge in [-0.1, -0.05) is 17.7 Å². The monoisotopic (exact) mass is 248 g/mol. The van der Waals surface area contributed by atoms with Crippen LogP contribution in [0.25, 0.3) is 10.9 Å². The fourth-order valence-corrected chi connectivity index (χ4v) is 3.01. The fraction of sp³-hybridized carbons (Fsp3) is 0.429. The number of benzene rings is 1. The molecule has 2 heterocycles. The van der Waals surface area contributed by atoms with Gasteiger partial charge in [0.05, 0.1) is 5.02 Å². The minimum atomic E-state index is 0.605. The SMILES string of the molecule is Cn1ccc2c(Cl)c(CC3CCCN3)ccc21. The van der Waals surface area contributed by atoms with Crippen LogP contribution in [0, 0.1) is 0 Å². The molecule has 0 aliphatic carbocycles. The Kier molecular flexibility index (Phi) is 2.85. The van der Waals surface area contributed by atoms with Gasteiger partial charge in [0, 0.05) is 30.2 Å². The smallest absolute Gasteiger partial charge is 0.0532 e. The second kappa shape index (κ2) is 4.35. The predicted octanol–water partition coefficient (Wildman–Crippen LogP) is 3.13. The van der Waals surface area contributed by atoms with Crippen LogP contribution >= 0.6 is 11.6 Å². The van der Waals surface area contributed by atoms with Crippen molar-refractivity contribution in [3.05, 3.63) is 35.0 Å². The van der Waals surface area contributed by atoms with E-state index < -0.39 is 0 Å². The number of aromatic nitrogens is 1. The molecule has 0 spiro atoms. The number of hydrogen-bond acceptors (Lipinski definition) is 1. The molecule has 1 aromatic heterocycles. The lowest BCUT2D eigenvalue weighted by Gasteiger charge is -2.12. The topological polar surface area (TPSA) is 17.0 Å². The second-order valence-electron chi connectivity index (χ2n) is 4.90. The third kappa shape index (κ3) is 1.96. The quantitative estimate of drug-likeness (QED) is 0.864. The molecular weight excluding hydrogens is 232 g/mol. The lowest BCUT2D eigenvalue weighted by Crippen LogP contribution is -2.23. The van der Waals surface area contributed by atoms with Crippen LogP contribution in [-0.4, -0.2) is 17.2 Å². The molecule has 0 saturated carbocycles. The van der Waals surface area contributed by atoms with E-state index in [9.17, 15) is 0 Å². The van der Waals surface area contributed by atoms with Gasteiger partial charge in [-0.3, -0.25) is 0 Å². The first-order chi connectivity index (χ1) is 8.25. The van der Waals surface area contributed by atoms with E-state index in [1.54, 1.807) is 0 Å². The first-order valence-corrected chi connectivity index (χ1v) is 6.59. The summed E-state index contributed by atoms with van der Waals surface area (Å²) in [6.45, 7) is 1.15. The van der Waals surface area contributed by atoms with E-state index in [2.05, 4.69) is 41.3 Å². The summed E-state index contributed by atoms with van der Waals surface area (Å²) < 4.78 is 2.11. The van der Waals surface area contributed by atoms with Crippen LogP contribution in [0.2, 0.25) is 5.02 Å². The molecule has 2 nitrogen and oxygen atoms in total. The summed E-state index contributed by atoms with van der Waals surface area (Å²) in [6.07, 6.45) is 5.66. The molecule has 1 fully saturated rings. The Bertz CT molecular complexity index is 538. The summed E-state index contributed by atoms with van der Waals surface area (Å²) in [5, 5.41) is 5.62. The van der Waals surface area contributed by atoms with E-state index in [1.165, 1.54) is 29.3 Å². The first kappa shape index (κ1) is 11.1. The number of rotatable bonds is 2. The molecule has 3 rings (SSSR count). The fourth-order valence-electron chi connectivity index (χ4n) is 2.71. The second-order valence-corrected chi connectivity index (χ2v) is 5.27. The Morgan fingerprint density at radius 1 is 1.41 bits per heavy atom. The average Bonchev–Trinajstić information content (AvgIpc) is 2.93. The normalized spacial score (nSPS) is 20.2. The molecule has 2 aromatic rings. The van der Waals surface area contributed by atoms with Crippen LogP contribution in [-0.2, 0) is 13.5 Å². The van der Waals surface area contributed by atoms with Crippen LogP contribution in [0.5, 0.6) is 0 Å². The maximum Gasteiger partial charge on any atom is 0.0532 e. The van der Waals surface area contributed by atoms with Crippen molar-refractivity contribution in [2.24, 2.45) is 7.05 Å². The average molecular weight is 249 g/mol. The zero-order valence-electron chi connectivity index (χ0n) is 10.0. The van der Waals surface area contributed by atoms with Gasteiger partial charge in [-0.25, -0.2) is 0 Å². The standard InChI is InChI=1S/C14H17ClN2/c1-17-8-6-12-13(17)5-4-10(14(12)15)9-11-3-2-7-16-11/h4-6,8,11,16H,2-3,7,9H2,1H3. The van der Waals surface area contributed by atoms with Gasteiger partial charge in [0.1, 0.15) is 0 Å². The van der Waals surface area contributed by atoms with Gasteiger partial charge >= 0.3 is 0 Å². The number of hydrogen-bond donors (Lipinski definition) is 1. The molecule has 1 N–H and O–H groups in total. The Morgan fingerprint density at radius 2 is 2.29 bits per heavy atom. The highest BCUT2D eigenvalue weighted by Crippen LogP contribution is 2.29. The maximum atomic E-state index is 6.49. The summed E-state index contributed by atoms with van der Waals surface area (Å²) >= 11 is 6.49. The summed E-state index contributed by atoms with van der Waals surface area (Å²) in [7, 11) is 2.05. The molecule has 17 heavy (non-hydrogen) atoms. The summed E-state index contributed by atoms with van der Waals surface area (Å²) in [4.78, 5) is 0. The van der Waals surface area contributed by atoms with E-state index in [1.807, 2.05) is 0 Å². The van der Waals surface area contributed by atoms with E-state index in [4.69, 9.17) is 11.6 Å². The minimum Gasteiger partial charge on any atom is -0.351 e. The molecule has 1 unspecified atom stereocenters. The third-order valence-corrected chi connectivity index (χ3v) is 4.16. The van der Waals surface area contributed by atoms with Crippen LogP contribution in [0.4, 0.5) is 0 Å². The number of nitrogens with one attached hydrogen (secondary N) is 1. The number of halogens is 1. The number of nitrogens with zero attached hydrogens (tertiary/aromatic N) is 1. The van der Waals surface area contributed by atoms with Gasteiger partial charge in [-0.05, 0) is 43.5 Å². The Balaban J connectivity index is 1.96. The van der Waals surface area contributed by atoms with Crippen molar-refractivity contribution in [3.63, 3.8) is 0 Å². The lowest BCUT2D eigenvalue weighted by molar-refractivity contribution is 0.603. The van der Waals surface area contributed by atoms with Crippen molar-refractivity contribution in [1.82, 2.24) is 9.88 Å². The predicted molar refractivity (Wildman–Crippen MR) is 72.7 cm³/mol. The van der Waals surface area contributed by atoms with Crippen LogP contribution < -0.4 is 5.32 Å². The van der Waals surface area contributed by atoms with Crippen LogP contribution in [0.15, 0.2) is 24.4 Å². The van der Waals surface area contributed by atoms with E-state index in [0.29, 0.717) is 6.04 Å². The van der Waals surface area contributed by atoms with E-state index in [0.717, 1.165) is 18.0 Å². The molecule has 1 aliphatic rings. The number of fused-ring (bicyclic) bond motifs is 1. The molecule has 1 aliphatic heterocycles. The molecule has 0 radical (unpaired) electrons. The Morgan fingerprint density at radius 3 is 3.06 bits per heavy atom. The van der Waals surface area contributed by atoms with Gasteiger partial charge in [0.25, 0.3) is 0 Å². The highest BCUT2D eigenvalue weighted by molar-refractivity contribution is 6.36. The van der Waals surface area contributed by atoms with Gasteiger partial charge in [0.15, 0.2) is 0 Å². The molecule has 1 atom stereocenters. The highest BCUT2D eigenvalue weighted by Gasteiger charge is 2.17. The van der Waals surface area contributed by atoms with Crippen molar-refractivity contribution >= 4 is 22.5 Å². The molecule has 0 bridgehead atoms. The van der Waals surface area contributed by atoms with Crippen LogP contribution in [0.1, 0.15) is 18.4 Å². The Labute approximate surface area is 107 Å². The molecule has 3 heteroatoms. The molecule has 1 aromatic carbocycles. The molecule has 90 valence electrons. The van der Waals surface area contributed by atoms with Crippen molar-refractivity contribution in [2.75, 3.05) is 6.54 Å². The Hall–Kier alpha value is -0.990. The van der Waals surface area contributed by atoms with Gasteiger partial charge in [-0.2, -0.15) is 0 Å². The zero-order valence-corrected chi connectivity index (χ0v) is 10.8. The van der Waals surface area contributed by atoms with Gasteiger partial charge in [0.2, 0.25) is 0 Å². The zero-order chi connectivity index (χ0) is 11.8. The lowest BCUT2D eigenvalue weighted by atomic mass is 10.0. The van der Waals surface area contributed by atoms with Crippen molar-refractivity contribution in [1.29, 1.82) is 0 Å².